The van der Waals surface area contributed by atoms with Crippen molar-refractivity contribution in [1.29, 1.82) is 0 Å². The maximum atomic E-state index is 12.7. The van der Waals surface area contributed by atoms with Crippen LogP contribution in [0.2, 0.25) is 0 Å². The highest BCUT2D eigenvalue weighted by Gasteiger charge is 2.52. The van der Waals surface area contributed by atoms with E-state index in [0.717, 1.165) is 43.7 Å². The molecule has 0 bridgehead atoms. The van der Waals surface area contributed by atoms with Crippen LogP contribution < -0.4 is 10.7 Å². The van der Waals surface area contributed by atoms with E-state index in [4.69, 9.17) is 0 Å². The summed E-state index contributed by atoms with van der Waals surface area (Å²) in [4.78, 5) is 40.8. The molecule has 140 valence electrons. The van der Waals surface area contributed by atoms with Crippen LogP contribution in [0.5, 0.6) is 0 Å². The normalized spacial score (nSPS) is 22.1. The number of hydrazine groups is 1. The van der Waals surface area contributed by atoms with Gasteiger partial charge in [0.1, 0.15) is 5.54 Å². The summed E-state index contributed by atoms with van der Waals surface area (Å²) in [7, 11) is 0. The quantitative estimate of drug-likeness (QED) is 0.744. The van der Waals surface area contributed by atoms with Gasteiger partial charge in [0.25, 0.3) is 11.8 Å². The van der Waals surface area contributed by atoms with Crippen molar-refractivity contribution in [2.75, 3.05) is 6.54 Å². The first kappa shape index (κ1) is 17.5. The van der Waals surface area contributed by atoms with Crippen molar-refractivity contribution in [3.05, 3.63) is 22.4 Å². The fourth-order valence-corrected chi connectivity index (χ4v) is 4.65. The zero-order valence-corrected chi connectivity index (χ0v) is 15.5. The minimum absolute atomic E-state index is 0.187. The molecule has 2 aliphatic carbocycles. The average molecular weight is 376 g/mol. The Morgan fingerprint density at radius 1 is 1.31 bits per heavy atom. The highest BCUT2D eigenvalue weighted by atomic mass is 32.1. The Bertz CT molecular complexity index is 695. The largest absolute Gasteiger partial charge is 0.344 e. The second-order valence-electron chi connectivity index (χ2n) is 7.46. The van der Waals surface area contributed by atoms with E-state index in [1.54, 1.807) is 11.3 Å². The maximum absolute atomic E-state index is 12.7. The fraction of sp³-hybridized carbons (Fsp3) is 0.611. The van der Waals surface area contributed by atoms with E-state index in [9.17, 15) is 14.4 Å². The van der Waals surface area contributed by atoms with E-state index in [2.05, 4.69) is 21.7 Å². The molecular formula is C18H24N4O3S. The number of amides is 4. The predicted molar refractivity (Wildman–Crippen MR) is 97.1 cm³/mol. The molecule has 26 heavy (non-hydrogen) atoms. The number of nitrogens with one attached hydrogen (secondary N) is 2. The Morgan fingerprint density at radius 2 is 2.08 bits per heavy atom. The number of imide groups is 1. The van der Waals surface area contributed by atoms with Gasteiger partial charge in [-0.05, 0) is 37.1 Å². The summed E-state index contributed by atoms with van der Waals surface area (Å²) in [6.07, 6.45) is 6.40. The van der Waals surface area contributed by atoms with Crippen LogP contribution in [0.4, 0.5) is 4.79 Å². The molecule has 0 aromatic carbocycles. The van der Waals surface area contributed by atoms with Gasteiger partial charge in [0.2, 0.25) is 0 Å². The molecule has 3 aliphatic rings. The van der Waals surface area contributed by atoms with E-state index in [-0.39, 0.29) is 18.4 Å². The van der Waals surface area contributed by atoms with Gasteiger partial charge in [-0.25, -0.2) is 4.79 Å². The summed E-state index contributed by atoms with van der Waals surface area (Å²) >= 11 is 1.67. The van der Waals surface area contributed by atoms with Gasteiger partial charge >= 0.3 is 6.03 Å². The Morgan fingerprint density at radius 3 is 2.73 bits per heavy atom. The first-order valence-corrected chi connectivity index (χ1v) is 10.2. The van der Waals surface area contributed by atoms with Crippen molar-refractivity contribution in [3.8, 4) is 0 Å². The molecule has 1 aromatic rings. The Hall–Kier alpha value is -1.93. The van der Waals surface area contributed by atoms with Gasteiger partial charge in [-0.15, -0.1) is 11.3 Å². The topological polar surface area (TPSA) is 81.8 Å². The number of carbonyl (C=O) groups is 3. The minimum atomic E-state index is -0.810. The van der Waals surface area contributed by atoms with Crippen LogP contribution in [-0.2, 0) is 16.1 Å². The molecule has 0 atom stereocenters. The van der Waals surface area contributed by atoms with Gasteiger partial charge in [-0.1, -0.05) is 25.3 Å². The van der Waals surface area contributed by atoms with Gasteiger partial charge in [0, 0.05) is 17.5 Å². The lowest BCUT2D eigenvalue weighted by Crippen LogP contribution is -2.52. The number of nitrogens with zero attached hydrogens (tertiary/aromatic N) is 2. The Labute approximate surface area is 156 Å². The number of thiophene rings is 1. The lowest BCUT2D eigenvalue weighted by Gasteiger charge is -2.30. The zero-order chi connectivity index (χ0) is 18.1. The van der Waals surface area contributed by atoms with Crippen LogP contribution in [0.25, 0.3) is 0 Å². The third-order valence-corrected chi connectivity index (χ3v) is 6.32. The van der Waals surface area contributed by atoms with E-state index < -0.39 is 11.6 Å². The van der Waals surface area contributed by atoms with Gasteiger partial charge in [0.05, 0.1) is 6.54 Å². The van der Waals surface area contributed by atoms with Crippen LogP contribution >= 0.6 is 11.3 Å². The monoisotopic (exact) mass is 376 g/mol. The van der Waals surface area contributed by atoms with Crippen molar-refractivity contribution in [2.45, 2.75) is 63.1 Å². The molecule has 3 fully saturated rings. The summed E-state index contributed by atoms with van der Waals surface area (Å²) in [6, 6.07) is 3.96. The van der Waals surface area contributed by atoms with Crippen LogP contribution in [0.1, 0.15) is 49.8 Å². The van der Waals surface area contributed by atoms with Crippen molar-refractivity contribution < 1.29 is 14.4 Å². The van der Waals surface area contributed by atoms with Crippen LogP contribution in [-0.4, -0.2) is 45.9 Å². The number of hydrogen-bond acceptors (Lipinski definition) is 5. The minimum Gasteiger partial charge on any atom is -0.322 e. The first-order valence-electron chi connectivity index (χ1n) is 9.30. The standard InChI is InChI=1S/C18H24N4O3S/c23-15(12-21(13-6-7-13)11-14-5-4-10-26-14)20-22-16(24)18(19-17(22)25)8-2-1-3-9-18/h4-5,10,13H,1-3,6-9,11-12H2,(H,19,25)(H,20,23). The molecule has 4 rings (SSSR count). The molecule has 1 spiro atoms. The SMILES string of the molecule is O=C(CN(Cc1cccs1)C1CC1)NN1C(=O)NC2(CCCCC2)C1=O. The molecule has 4 amide bonds. The molecule has 1 aliphatic heterocycles. The first-order chi connectivity index (χ1) is 12.6. The maximum Gasteiger partial charge on any atom is 0.344 e. The van der Waals surface area contributed by atoms with Crippen molar-refractivity contribution in [2.24, 2.45) is 0 Å². The van der Waals surface area contributed by atoms with Gasteiger partial charge in [-0.3, -0.25) is 19.9 Å². The van der Waals surface area contributed by atoms with E-state index in [1.165, 1.54) is 4.88 Å². The lowest BCUT2D eigenvalue weighted by atomic mass is 9.82. The molecule has 2 N–H and O–H groups in total. The second-order valence-corrected chi connectivity index (χ2v) is 8.50. The molecule has 2 heterocycles. The van der Waals surface area contributed by atoms with E-state index in [1.807, 2.05) is 11.4 Å². The number of rotatable bonds is 6. The zero-order valence-electron chi connectivity index (χ0n) is 14.7. The second kappa shape index (κ2) is 7.00. The summed E-state index contributed by atoms with van der Waals surface area (Å²) < 4.78 is 0. The summed E-state index contributed by atoms with van der Waals surface area (Å²) in [5, 5.41) is 5.73. The third kappa shape index (κ3) is 3.48. The molecule has 7 nitrogen and oxygen atoms in total. The third-order valence-electron chi connectivity index (χ3n) is 5.45. The number of hydrogen-bond donors (Lipinski definition) is 2. The fourth-order valence-electron chi connectivity index (χ4n) is 3.92. The lowest BCUT2D eigenvalue weighted by molar-refractivity contribution is -0.140. The molecule has 1 aromatic heterocycles. The molecular weight excluding hydrogens is 352 g/mol. The molecule has 0 unspecified atom stereocenters. The highest BCUT2D eigenvalue weighted by Crippen LogP contribution is 2.33. The molecule has 0 radical (unpaired) electrons. The van der Waals surface area contributed by atoms with Crippen LogP contribution in [0, 0.1) is 0 Å². The molecule has 1 saturated heterocycles. The van der Waals surface area contributed by atoms with Crippen molar-refractivity contribution in [3.63, 3.8) is 0 Å². The number of carbonyl (C=O) groups excluding carboxylic acids is 3. The Balaban J connectivity index is 1.37. The van der Waals surface area contributed by atoms with Crippen molar-refractivity contribution in [1.82, 2.24) is 20.7 Å². The van der Waals surface area contributed by atoms with Gasteiger partial charge in [-0.2, -0.15) is 5.01 Å². The summed E-state index contributed by atoms with van der Waals surface area (Å²) in [6.45, 7) is 0.909. The number of urea groups is 1. The molecule has 2 saturated carbocycles. The van der Waals surface area contributed by atoms with Crippen LogP contribution in [0.3, 0.4) is 0 Å². The summed E-state index contributed by atoms with van der Waals surface area (Å²) in [5.41, 5.74) is 1.73. The average Bonchev–Trinajstić information content (AvgIpc) is 3.31. The van der Waals surface area contributed by atoms with E-state index >= 15 is 0 Å². The van der Waals surface area contributed by atoms with Crippen molar-refractivity contribution >= 4 is 29.2 Å². The predicted octanol–water partition coefficient (Wildman–Crippen LogP) is 2.00. The summed E-state index contributed by atoms with van der Waals surface area (Å²) in [5.74, 6) is -0.628. The van der Waals surface area contributed by atoms with Gasteiger partial charge < -0.3 is 5.32 Å². The smallest absolute Gasteiger partial charge is 0.322 e. The Kier molecular flexibility index (Phi) is 4.71. The van der Waals surface area contributed by atoms with Crippen LogP contribution in [0.15, 0.2) is 17.5 Å². The van der Waals surface area contributed by atoms with E-state index in [0.29, 0.717) is 18.9 Å². The highest BCUT2D eigenvalue weighted by molar-refractivity contribution is 7.09. The molecule has 8 heteroatoms. The van der Waals surface area contributed by atoms with Gasteiger partial charge in [0.15, 0.2) is 0 Å².